The molecule has 2 heterocycles. The zero-order valence-electron chi connectivity index (χ0n) is 19.8. The summed E-state index contributed by atoms with van der Waals surface area (Å²) in [5, 5.41) is 6.54. The number of hydrogen-bond acceptors (Lipinski definition) is 6. The molecule has 1 saturated heterocycles. The van der Waals surface area contributed by atoms with Crippen LogP contribution in [-0.2, 0) is 17.8 Å². The predicted octanol–water partition coefficient (Wildman–Crippen LogP) is 3.04. The second-order valence-electron chi connectivity index (χ2n) is 8.12. The van der Waals surface area contributed by atoms with E-state index in [9.17, 15) is 0 Å². The van der Waals surface area contributed by atoms with Crippen molar-refractivity contribution in [2.75, 3.05) is 40.0 Å². The molecule has 2 aromatic rings. The third-order valence-corrected chi connectivity index (χ3v) is 5.67. The van der Waals surface area contributed by atoms with Gasteiger partial charge in [0.1, 0.15) is 18.1 Å². The topological polar surface area (TPSA) is 84.2 Å². The van der Waals surface area contributed by atoms with Crippen LogP contribution in [-0.4, -0.2) is 61.8 Å². The molecule has 0 amide bonds. The molecule has 0 bridgehead atoms. The molecule has 0 aliphatic carbocycles. The number of aromatic nitrogens is 1. The number of benzene rings is 1. The van der Waals surface area contributed by atoms with E-state index in [1.807, 2.05) is 32.9 Å². The number of hydrogen-bond donors (Lipinski definition) is 2. The maximum atomic E-state index is 6.01. The molecule has 1 aliphatic rings. The second-order valence-corrected chi connectivity index (χ2v) is 8.12. The fourth-order valence-corrected chi connectivity index (χ4v) is 3.64. The Labute approximate surface area is 191 Å². The van der Waals surface area contributed by atoms with E-state index in [1.54, 1.807) is 0 Å². The van der Waals surface area contributed by atoms with E-state index in [4.69, 9.17) is 13.9 Å². The lowest BCUT2D eigenvalue weighted by Gasteiger charge is -2.31. The van der Waals surface area contributed by atoms with E-state index < -0.39 is 0 Å². The highest BCUT2D eigenvalue weighted by molar-refractivity contribution is 5.79. The van der Waals surface area contributed by atoms with Gasteiger partial charge in [-0.15, -0.1) is 0 Å². The van der Waals surface area contributed by atoms with Crippen molar-refractivity contribution in [3.8, 4) is 5.75 Å². The smallest absolute Gasteiger partial charge is 0.214 e. The molecule has 32 heavy (non-hydrogen) atoms. The first kappa shape index (κ1) is 24.1. The van der Waals surface area contributed by atoms with Crippen LogP contribution in [0.4, 0.5) is 0 Å². The molecule has 1 fully saturated rings. The molecule has 0 saturated carbocycles. The lowest BCUT2D eigenvalue weighted by Crippen LogP contribution is -2.38. The summed E-state index contributed by atoms with van der Waals surface area (Å²) < 4.78 is 17.1. The van der Waals surface area contributed by atoms with Crippen LogP contribution in [0.5, 0.6) is 5.75 Å². The van der Waals surface area contributed by atoms with Gasteiger partial charge in [0.25, 0.3) is 0 Å². The van der Waals surface area contributed by atoms with E-state index in [-0.39, 0.29) is 0 Å². The molecule has 176 valence electrons. The molecular weight excluding hydrogens is 406 g/mol. The maximum absolute atomic E-state index is 6.01. The summed E-state index contributed by atoms with van der Waals surface area (Å²) in [7, 11) is 2.17. The molecule has 8 heteroatoms. The number of oxazole rings is 1. The van der Waals surface area contributed by atoms with Gasteiger partial charge < -0.3 is 24.5 Å². The molecule has 0 radical (unpaired) electrons. The van der Waals surface area contributed by atoms with Crippen molar-refractivity contribution in [2.45, 2.75) is 52.7 Å². The third-order valence-electron chi connectivity index (χ3n) is 5.67. The molecule has 0 unspecified atom stereocenters. The number of rotatable bonds is 10. The Morgan fingerprint density at radius 3 is 2.78 bits per heavy atom. The highest BCUT2D eigenvalue weighted by Gasteiger charge is 2.18. The van der Waals surface area contributed by atoms with Gasteiger partial charge in [0.05, 0.1) is 18.8 Å². The summed E-state index contributed by atoms with van der Waals surface area (Å²) in [5.74, 6) is 3.11. The van der Waals surface area contributed by atoms with E-state index in [0.29, 0.717) is 31.6 Å². The molecule has 1 aliphatic heterocycles. The molecule has 0 atom stereocenters. The molecule has 1 aromatic heterocycles. The molecule has 2 N–H and O–H groups in total. The fourth-order valence-electron chi connectivity index (χ4n) is 3.64. The van der Waals surface area contributed by atoms with Gasteiger partial charge in [-0.25, -0.2) is 9.98 Å². The Kier molecular flexibility index (Phi) is 9.37. The van der Waals surface area contributed by atoms with Crippen LogP contribution >= 0.6 is 0 Å². The van der Waals surface area contributed by atoms with Gasteiger partial charge >= 0.3 is 0 Å². The SMILES string of the molecule is CCNC(=NCc1cccc(OCCN(C)C2CCOCC2)c1)NCc1nc(C)c(C)o1. The third kappa shape index (κ3) is 7.53. The number of nitrogens with zero attached hydrogens (tertiary/aromatic N) is 3. The van der Waals surface area contributed by atoms with Crippen molar-refractivity contribution in [3.63, 3.8) is 0 Å². The van der Waals surface area contributed by atoms with Gasteiger partial charge in [0, 0.05) is 32.3 Å². The van der Waals surface area contributed by atoms with Gasteiger partial charge in [-0.2, -0.15) is 0 Å². The number of nitrogens with one attached hydrogen (secondary N) is 2. The predicted molar refractivity (Wildman–Crippen MR) is 126 cm³/mol. The van der Waals surface area contributed by atoms with Gasteiger partial charge in [0.2, 0.25) is 5.89 Å². The van der Waals surface area contributed by atoms with E-state index in [1.165, 1.54) is 0 Å². The van der Waals surface area contributed by atoms with E-state index >= 15 is 0 Å². The van der Waals surface area contributed by atoms with Crippen molar-refractivity contribution in [1.29, 1.82) is 0 Å². The van der Waals surface area contributed by atoms with Crippen LogP contribution in [0.1, 0.15) is 42.7 Å². The maximum Gasteiger partial charge on any atom is 0.214 e. The van der Waals surface area contributed by atoms with Crippen molar-refractivity contribution in [1.82, 2.24) is 20.5 Å². The van der Waals surface area contributed by atoms with E-state index in [2.05, 4.69) is 44.7 Å². The van der Waals surface area contributed by atoms with Crippen molar-refractivity contribution >= 4 is 5.96 Å². The Bertz CT molecular complexity index is 842. The van der Waals surface area contributed by atoms with Gasteiger partial charge in [-0.1, -0.05) is 12.1 Å². The average Bonchev–Trinajstić information content (AvgIpc) is 3.13. The number of likely N-dealkylation sites (N-methyl/N-ethyl adjacent to an activating group) is 1. The first-order valence-corrected chi connectivity index (χ1v) is 11.5. The van der Waals surface area contributed by atoms with Crippen molar-refractivity contribution in [3.05, 3.63) is 47.2 Å². The van der Waals surface area contributed by atoms with Gasteiger partial charge in [-0.3, -0.25) is 4.90 Å². The minimum Gasteiger partial charge on any atom is -0.492 e. The Morgan fingerprint density at radius 1 is 1.25 bits per heavy atom. The van der Waals surface area contributed by atoms with Crippen molar-refractivity contribution < 1.29 is 13.9 Å². The summed E-state index contributed by atoms with van der Waals surface area (Å²) >= 11 is 0. The molecule has 3 rings (SSSR count). The summed E-state index contributed by atoms with van der Waals surface area (Å²) in [6.07, 6.45) is 2.20. The summed E-state index contributed by atoms with van der Waals surface area (Å²) in [4.78, 5) is 11.5. The Morgan fingerprint density at radius 2 is 2.06 bits per heavy atom. The van der Waals surface area contributed by atoms with Crippen LogP contribution in [0, 0.1) is 13.8 Å². The second kappa shape index (κ2) is 12.5. The highest BCUT2D eigenvalue weighted by Crippen LogP contribution is 2.16. The van der Waals surface area contributed by atoms with Crippen LogP contribution in [0.2, 0.25) is 0 Å². The first-order valence-electron chi connectivity index (χ1n) is 11.5. The van der Waals surface area contributed by atoms with Crippen LogP contribution < -0.4 is 15.4 Å². The lowest BCUT2D eigenvalue weighted by atomic mass is 10.1. The lowest BCUT2D eigenvalue weighted by molar-refractivity contribution is 0.0392. The fraction of sp³-hybridized carbons (Fsp3) is 0.583. The van der Waals surface area contributed by atoms with Crippen LogP contribution in [0.25, 0.3) is 0 Å². The Balaban J connectivity index is 1.48. The summed E-state index contributed by atoms with van der Waals surface area (Å²) in [6.45, 7) is 11.0. The summed E-state index contributed by atoms with van der Waals surface area (Å²) in [6, 6.07) is 8.73. The number of guanidine groups is 1. The van der Waals surface area contributed by atoms with Crippen LogP contribution in [0.3, 0.4) is 0 Å². The van der Waals surface area contributed by atoms with Crippen molar-refractivity contribution in [2.24, 2.45) is 4.99 Å². The quantitative estimate of drug-likeness (QED) is 0.431. The first-order chi connectivity index (χ1) is 15.5. The molecule has 0 spiro atoms. The average molecular weight is 444 g/mol. The highest BCUT2D eigenvalue weighted by atomic mass is 16.5. The van der Waals surface area contributed by atoms with Gasteiger partial charge in [-0.05, 0) is 58.4 Å². The zero-order valence-corrected chi connectivity index (χ0v) is 19.8. The number of ether oxygens (including phenoxy) is 2. The molecule has 1 aromatic carbocycles. The number of aliphatic imine (C=N–C) groups is 1. The standard InChI is InChI=1S/C24H37N5O3/c1-5-25-24(27-17-23-28-18(2)19(3)32-23)26-16-20-7-6-8-22(15-20)31-14-11-29(4)21-9-12-30-13-10-21/h6-8,15,21H,5,9-14,16-17H2,1-4H3,(H2,25,26,27). The number of aryl methyl sites for hydroxylation is 2. The Hall–Kier alpha value is -2.58. The van der Waals surface area contributed by atoms with Gasteiger partial charge in [0.15, 0.2) is 5.96 Å². The zero-order chi connectivity index (χ0) is 22.8. The largest absolute Gasteiger partial charge is 0.492 e. The molecule has 8 nitrogen and oxygen atoms in total. The summed E-state index contributed by atoms with van der Waals surface area (Å²) in [5.41, 5.74) is 2.01. The normalized spacial score (nSPS) is 15.2. The minimum absolute atomic E-state index is 0.490. The van der Waals surface area contributed by atoms with Crippen LogP contribution in [0.15, 0.2) is 33.7 Å². The monoisotopic (exact) mass is 443 g/mol. The molecular formula is C24H37N5O3. The van der Waals surface area contributed by atoms with E-state index in [0.717, 1.165) is 67.9 Å². The minimum atomic E-state index is 0.490.